The molecule has 0 radical (unpaired) electrons. The van der Waals surface area contributed by atoms with Crippen molar-refractivity contribution in [1.82, 2.24) is 37.2 Å². The fraction of sp³-hybridized carbons (Fsp3) is 0.565. The van der Waals surface area contributed by atoms with Crippen molar-refractivity contribution in [3.05, 3.63) is 60.2 Å². The molecule has 0 saturated carbocycles. The molecule has 0 aromatic heterocycles. The van der Waals surface area contributed by atoms with E-state index in [2.05, 4.69) is 43.3 Å². The third-order valence-electron chi connectivity index (χ3n) is 11.5. The predicted molar refractivity (Wildman–Crippen MR) is 239 cm³/mol. The Bertz CT molecular complexity index is 2000. The topological polar surface area (TPSA) is 187 Å². The van der Waals surface area contributed by atoms with Gasteiger partial charge in [0, 0.05) is 12.2 Å². The maximum Gasteiger partial charge on any atom is 0.243 e. The Morgan fingerprint density at radius 1 is 0.533 bits per heavy atom. The SMILES string of the molecule is CC(C)C[C@H]1NC(=O)[C@H](Cc2c3ccccc3cc3ccccc23)NC(=O)[C@@H](C(C)C)NC(=O)[C@@H]2CSC(N2)[C@H](C(C)C)NC(=O)[C@@H](C(C)C)NC(=O)[C@H](C(C)C)NC1=O. The fourth-order valence-electron chi connectivity index (χ4n) is 8.03. The van der Waals surface area contributed by atoms with Gasteiger partial charge in [-0.25, -0.2) is 0 Å². The molecule has 7 N–H and O–H groups in total. The number of hydrogen-bond acceptors (Lipinski definition) is 8. The summed E-state index contributed by atoms with van der Waals surface area (Å²) < 4.78 is 0. The number of benzene rings is 3. The van der Waals surface area contributed by atoms with Gasteiger partial charge in [-0.05, 0) is 69.2 Å². The smallest absolute Gasteiger partial charge is 0.243 e. The van der Waals surface area contributed by atoms with Crippen LogP contribution in [0, 0.1) is 29.6 Å². The molecule has 0 spiro atoms. The number of fused-ring (bicyclic) bond motifs is 4. The third-order valence-corrected chi connectivity index (χ3v) is 12.8. The van der Waals surface area contributed by atoms with Crippen molar-refractivity contribution in [2.45, 2.75) is 130 Å². The molecule has 1 unspecified atom stereocenters. The summed E-state index contributed by atoms with van der Waals surface area (Å²) >= 11 is 1.51. The summed E-state index contributed by atoms with van der Waals surface area (Å²) in [6.45, 7) is 18.8. The average molecular weight is 844 g/mol. The van der Waals surface area contributed by atoms with Gasteiger partial charge in [0.25, 0.3) is 0 Å². The first-order valence-corrected chi connectivity index (χ1v) is 22.5. The summed E-state index contributed by atoms with van der Waals surface area (Å²) in [5, 5.41) is 24.7. The van der Waals surface area contributed by atoms with Crippen LogP contribution in [0.4, 0.5) is 0 Å². The number of thioether (sulfide) groups is 1. The number of nitrogens with one attached hydrogen (secondary N) is 7. The summed E-state index contributed by atoms with van der Waals surface area (Å²) in [5.74, 6) is -3.65. The van der Waals surface area contributed by atoms with Gasteiger partial charge in [-0.3, -0.25) is 34.1 Å². The third kappa shape index (κ3) is 11.2. The van der Waals surface area contributed by atoms with Crippen molar-refractivity contribution < 1.29 is 28.8 Å². The first-order valence-electron chi connectivity index (χ1n) is 21.4. The van der Waals surface area contributed by atoms with Crippen LogP contribution in [0.25, 0.3) is 21.5 Å². The largest absolute Gasteiger partial charge is 0.349 e. The lowest BCUT2D eigenvalue weighted by Crippen LogP contribution is -2.61. The van der Waals surface area contributed by atoms with Gasteiger partial charge in [-0.2, -0.15) is 0 Å². The van der Waals surface area contributed by atoms with Crippen LogP contribution in [0.3, 0.4) is 0 Å². The van der Waals surface area contributed by atoms with Gasteiger partial charge in [-0.15, -0.1) is 11.8 Å². The molecule has 2 heterocycles. The zero-order valence-electron chi connectivity index (χ0n) is 36.7. The number of carbonyl (C=O) groups excluding carboxylic acids is 6. The highest BCUT2D eigenvalue weighted by molar-refractivity contribution is 8.00. The second kappa shape index (κ2) is 20.2. The molecule has 8 atom stereocenters. The zero-order valence-corrected chi connectivity index (χ0v) is 37.5. The summed E-state index contributed by atoms with van der Waals surface area (Å²) in [6, 6.07) is 11.6. The lowest BCUT2D eigenvalue weighted by atomic mass is 9.91. The van der Waals surface area contributed by atoms with E-state index in [0.717, 1.165) is 27.1 Å². The first-order chi connectivity index (χ1) is 28.4. The Kier molecular flexibility index (Phi) is 15.7. The predicted octanol–water partition coefficient (Wildman–Crippen LogP) is 4.16. The minimum atomic E-state index is -1.16. The highest BCUT2D eigenvalue weighted by atomic mass is 32.2. The van der Waals surface area contributed by atoms with E-state index in [1.54, 1.807) is 13.8 Å². The molecule has 5 rings (SSSR count). The van der Waals surface area contributed by atoms with Gasteiger partial charge in [0.05, 0.1) is 17.5 Å². The second-order valence-electron chi connectivity index (χ2n) is 18.2. The van der Waals surface area contributed by atoms with E-state index >= 15 is 0 Å². The van der Waals surface area contributed by atoms with Crippen LogP contribution in [0.1, 0.15) is 81.2 Å². The van der Waals surface area contributed by atoms with E-state index in [1.807, 2.05) is 104 Å². The summed E-state index contributed by atoms with van der Waals surface area (Å²) in [7, 11) is 0. The number of amides is 6. The molecule has 60 heavy (non-hydrogen) atoms. The van der Waals surface area contributed by atoms with Crippen LogP contribution in [0.15, 0.2) is 54.6 Å². The zero-order chi connectivity index (χ0) is 44.0. The van der Waals surface area contributed by atoms with Gasteiger partial charge < -0.3 is 31.9 Å². The van der Waals surface area contributed by atoms with Gasteiger partial charge in [-0.1, -0.05) is 118 Å². The van der Waals surface area contributed by atoms with Crippen LogP contribution in [0.2, 0.25) is 0 Å². The molecular formula is C46H65N7O6S. The highest BCUT2D eigenvalue weighted by Crippen LogP contribution is 2.30. The molecule has 13 nitrogen and oxygen atoms in total. The second-order valence-corrected chi connectivity index (χ2v) is 19.4. The van der Waals surface area contributed by atoms with Gasteiger partial charge in [0.1, 0.15) is 30.2 Å². The molecule has 0 aliphatic carbocycles. The maximum atomic E-state index is 14.7. The molecule has 2 fully saturated rings. The number of rotatable bonds is 8. The molecule has 2 aliphatic heterocycles. The summed E-state index contributed by atoms with van der Waals surface area (Å²) in [5.41, 5.74) is 0.849. The van der Waals surface area contributed by atoms with Crippen molar-refractivity contribution in [3.8, 4) is 0 Å². The Hall–Kier alpha value is -4.69. The van der Waals surface area contributed by atoms with E-state index in [0.29, 0.717) is 5.75 Å². The van der Waals surface area contributed by atoms with Crippen LogP contribution in [-0.4, -0.2) is 88.9 Å². The van der Waals surface area contributed by atoms with Crippen molar-refractivity contribution in [2.75, 3.05) is 5.75 Å². The normalized spacial score (nSPS) is 26.9. The molecule has 6 amide bonds. The average Bonchev–Trinajstić information content (AvgIpc) is 3.68. The Balaban J connectivity index is 1.59. The van der Waals surface area contributed by atoms with Gasteiger partial charge in [0.15, 0.2) is 0 Å². The molecule has 3 aromatic rings. The molecular weight excluding hydrogens is 779 g/mol. The molecule has 2 aliphatic rings. The standard InChI is InChI=1S/C46H65N7O6S/c1-23(2)19-33-41(55)50-37(25(5)6)44(58)52-38(26(7)8)45(59)53-39(27(9)10)46-49-35(22-60-46)42(56)51-36(24(3)4)43(57)48-34(40(54)47-33)21-32-30-17-13-11-15-28(30)20-29-16-12-14-18-31(29)32/h11-18,20,23-27,33-39,46,49H,19,21-22H2,1-10H3,(H,47,54)(H,48,57)(H,50,55)(H,51,56)(H,52,58)(H,53,59)/t33-,34+,35+,36-,37+,38-,39+,46?/m1/s1. The monoisotopic (exact) mass is 843 g/mol. The Morgan fingerprint density at radius 3 is 1.50 bits per heavy atom. The van der Waals surface area contributed by atoms with Gasteiger partial charge >= 0.3 is 0 Å². The molecule has 3 aromatic carbocycles. The van der Waals surface area contributed by atoms with Crippen LogP contribution in [-0.2, 0) is 35.2 Å². The van der Waals surface area contributed by atoms with Crippen LogP contribution in [0.5, 0.6) is 0 Å². The van der Waals surface area contributed by atoms with E-state index in [4.69, 9.17) is 0 Å². The van der Waals surface area contributed by atoms with Crippen LogP contribution >= 0.6 is 11.8 Å². The van der Waals surface area contributed by atoms with Crippen molar-refractivity contribution >= 4 is 68.7 Å². The van der Waals surface area contributed by atoms with Crippen molar-refractivity contribution in [3.63, 3.8) is 0 Å². The molecule has 14 heteroatoms. The van der Waals surface area contributed by atoms with E-state index in [9.17, 15) is 28.8 Å². The quantitative estimate of drug-likeness (QED) is 0.165. The maximum absolute atomic E-state index is 14.7. The lowest BCUT2D eigenvalue weighted by molar-refractivity contribution is -0.136. The summed E-state index contributed by atoms with van der Waals surface area (Å²) in [4.78, 5) is 85.4. The minimum Gasteiger partial charge on any atom is -0.349 e. The van der Waals surface area contributed by atoms with Gasteiger partial charge in [0.2, 0.25) is 35.4 Å². The van der Waals surface area contributed by atoms with E-state index in [-0.39, 0.29) is 59.6 Å². The Labute approximate surface area is 358 Å². The molecule has 2 saturated heterocycles. The first kappa shape index (κ1) is 46.4. The summed E-state index contributed by atoms with van der Waals surface area (Å²) in [6.07, 6.45) is 0.329. The molecule has 2 bridgehead atoms. The van der Waals surface area contributed by atoms with E-state index < -0.39 is 65.9 Å². The number of hydrogen-bond donors (Lipinski definition) is 7. The number of carbonyl (C=O) groups is 6. The fourth-order valence-corrected chi connectivity index (χ4v) is 9.53. The lowest BCUT2D eigenvalue weighted by Gasteiger charge is -2.32. The van der Waals surface area contributed by atoms with Crippen LogP contribution < -0.4 is 37.2 Å². The Morgan fingerprint density at radius 2 is 0.983 bits per heavy atom. The van der Waals surface area contributed by atoms with E-state index in [1.165, 1.54) is 11.8 Å². The van der Waals surface area contributed by atoms with Crippen molar-refractivity contribution in [1.29, 1.82) is 0 Å². The molecule has 326 valence electrons. The van der Waals surface area contributed by atoms with Crippen molar-refractivity contribution in [2.24, 2.45) is 29.6 Å². The minimum absolute atomic E-state index is 0.0394. The highest BCUT2D eigenvalue weighted by Gasteiger charge is 2.41.